The average Bonchev–Trinajstić information content (AvgIpc) is 3.18. The molecule has 0 fully saturated rings. The van der Waals surface area contributed by atoms with E-state index in [4.69, 9.17) is 11.6 Å². The van der Waals surface area contributed by atoms with E-state index in [9.17, 15) is 4.79 Å². The van der Waals surface area contributed by atoms with Gasteiger partial charge in [-0.25, -0.2) is 0 Å². The first kappa shape index (κ1) is 14.8. The summed E-state index contributed by atoms with van der Waals surface area (Å²) in [6.45, 7) is 2.60. The molecule has 0 saturated heterocycles. The molecule has 0 bridgehead atoms. The van der Waals surface area contributed by atoms with Gasteiger partial charge in [0, 0.05) is 17.3 Å². The third kappa shape index (κ3) is 3.05. The van der Waals surface area contributed by atoms with Gasteiger partial charge in [0.15, 0.2) is 0 Å². The summed E-state index contributed by atoms with van der Waals surface area (Å²) in [6.07, 6.45) is 0. The monoisotopic (exact) mass is 331 g/mol. The molecule has 22 heavy (non-hydrogen) atoms. The van der Waals surface area contributed by atoms with Gasteiger partial charge in [-0.3, -0.25) is 9.48 Å². The van der Waals surface area contributed by atoms with Gasteiger partial charge in [0.2, 0.25) is 0 Å². The van der Waals surface area contributed by atoms with Crippen LogP contribution in [0.25, 0.3) is 10.6 Å². The molecule has 4 nitrogen and oxygen atoms in total. The molecule has 0 atom stereocenters. The van der Waals surface area contributed by atoms with Crippen molar-refractivity contribution in [3.8, 4) is 10.6 Å². The number of anilines is 1. The smallest absolute Gasteiger partial charge is 0.273 e. The predicted molar refractivity (Wildman–Crippen MR) is 90.6 cm³/mol. The third-order valence-corrected chi connectivity index (χ3v) is 4.33. The summed E-state index contributed by atoms with van der Waals surface area (Å²) in [4.78, 5) is 13.5. The van der Waals surface area contributed by atoms with Crippen LogP contribution < -0.4 is 5.32 Å². The highest BCUT2D eigenvalue weighted by Gasteiger charge is 2.16. The number of benzene rings is 1. The summed E-state index contributed by atoms with van der Waals surface area (Å²) in [5.41, 5.74) is 2.06. The minimum atomic E-state index is -0.181. The summed E-state index contributed by atoms with van der Waals surface area (Å²) < 4.78 is 1.71. The van der Waals surface area contributed by atoms with E-state index in [-0.39, 0.29) is 5.91 Å². The lowest BCUT2D eigenvalue weighted by Gasteiger charge is -2.06. The lowest BCUT2D eigenvalue weighted by atomic mass is 10.2. The maximum atomic E-state index is 12.5. The molecule has 0 spiro atoms. The zero-order valence-electron chi connectivity index (χ0n) is 11.9. The molecule has 112 valence electrons. The van der Waals surface area contributed by atoms with Crippen LogP contribution in [-0.2, 0) is 6.54 Å². The van der Waals surface area contributed by atoms with Crippen LogP contribution >= 0.6 is 22.9 Å². The van der Waals surface area contributed by atoms with Crippen LogP contribution in [-0.4, -0.2) is 15.7 Å². The fourth-order valence-corrected chi connectivity index (χ4v) is 2.92. The Morgan fingerprint density at radius 1 is 1.32 bits per heavy atom. The van der Waals surface area contributed by atoms with Gasteiger partial charge in [0.25, 0.3) is 5.91 Å². The van der Waals surface area contributed by atoms with Crippen molar-refractivity contribution < 1.29 is 4.79 Å². The molecule has 0 aliphatic heterocycles. The van der Waals surface area contributed by atoms with Crippen molar-refractivity contribution in [2.24, 2.45) is 0 Å². The predicted octanol–water partition coefficient (Wildman–Crippen LogP) is 4.54. The molecule has 1 amide bonds. The summed E-state index contributed by atoms with van der Waals surface area (Å²) in [7, 11) is 0. The largest absolute Gasteiger partial charge is 0.321 e. The maximum absolute atomic E-state index is 12.5. The Balaban J connectivity index is 1.87. The first-order chi connectivity index (χ1) is 10.7. The van der Waals surface area contributed by atoms with Crippen LogP contribution in [0.1, 0.15) is 17.4 Å². The minimum Gasteiger partial charge on any atom is -0.321 e. The highest BCUT2D eigenvalue weighted by molar-refractivity contribution is 7.13. The van der Waals surface area contributed by atoms with Gasteiger partial charge in [0.05, 0.1) is 4.88 Å². The fourth-order valence-electron chi connectivity index (χ4n) is 2.11. The molecule has 3 aromatic rings. The summed E-state index contributed by atoms with van der Waals surface area (Å²) in [6, 6.07) is 12.8. The summed E-state index contributed by atoms with van der Waals surface area (Å²) in [5, 5.41) is 9.99. The number of aryl methyl sites for hydroxylation is 1. The quantitative estimate of drug-likeness (QED) is 0.763. The number of carbonyl (C=O) groups is 1. The molecule has 6 heteroatoms. The van der Waals surface area contributed by atoms with Gasteiger partial charge in [-0.15, -0.1) is 11.3 Å². The van der Waals surface area contributed by atoms with Crippen LogP contribution in [0.5, 0.6) is 0 Å². The Kier molecular flexibility index (Phi) is 4.27. The normalized spacial score (nSPS) is 10.6. The van der Waals surface area contributed by atoms with Gasteiger partial charge in [-0.2, -0.15) is 5.10 Å². The number of nitrogens with zero attached hydrogens (tertiary/aromatic N) is 2. The van der Waals surface area contributed by atoms with Crippen LogP contribution in [0.4, 0.5) is 5.69 Å². The van der Waals surface area contributed by atoms with Crippen LogP contribution in [0, 0.1) is 0 Å². The van der Waals surface area contributed by atoms with Gasteiger partial charge in [0.1, 0.15) is 11.4 Å². The third-order valence-electron chi connectivity index (χ3n) is 3.19. The van der Waals surface area contributed by atoms with E-state index in [2.05, 4.69) is 10.4 Å². The van der Waals surface area contributed by atoms with E-state index >= 15 is 0 Å². The first-order valence-electron chi connectivity index (χ1n) is 6.86. The molecule has 2 heterocycles. The van der Waals surface area contributed by atoms with E-state index in [1.54, 1.807) is 40.3 Å². The topological polar surface area (TPSA) is 46.9 Å². The van der Waals surface area contributed by atoms with Crippen molar-refractivity contribution >= 4 is 34.5 Å². The zero-order chi connectivity index (χ0) is 15.5. The van der Waals surface area contributed by atoms with Gasteiger partial charge < -0.3 is 5.32 Å². The number of hydrogen-bond donors (Lipinski definition) is 1. The Morgan fingerprint density at radius 3 is 2.73 bits per heavy atom. The number of halogens is 1. The van der Waals surface area contributed by atoms with E-state index in [0.717, 1.165) is 10.6 Å². The zero-order valence-corrected chi connectivity index (χ0v) is 13.5. The molecule has 0 unspecified atom stereocenters. The number of hydrogen-bond acceptors (Lipinski definition) is 3. The van der Waals surface area contributed by atoms with Crippen molar-refractivity contribution in [3.05, 3.63) is 58.6 Å². The van der Waals surface area contributed by atoms with Crippen molar-refractivity contribution in [2.45, 2.75) is 13.5 Å². The summed E-state index contributed by atoms with van der Waals surface area (Å²) >= 11 is 7.45. The van der Waals surface area contributed by atoms with Gasteiger partial charge in [-0.1, -0.05) is 17.7 Å². The molecular formula is C16H14ClN3OS. The van der Waals surface area contributed by atoms with E-state index < -0.39 is 0 Å². The lowest BCUT2D eigenvalue weighted by molar-refractivity contribution is 0.101. The number of nitrogens with one attached hydrogen (secondary N) is 1. The molecule has 0 saturated carbocycles. The maximum Gasteiger partial charge on any atom is 0.273 e. The minimum absolute atomic E-state index is 0.181. The lowest BCUT2D eigenvalue weighted by Crippen LogP contribution is -2.17. The second-order valence-corrected chi connectivity index (χ2v) is 6.05. The molecule has 1 N–H and O–H groups in total. The molecule has 1 aromatic carbocycles. The molecule has 0 aliphatic carbocycles. The number of thiophene rings is 1. The first-order valence-corrected chi connectivity index (χ1v) is 8.12. The van der Waals surface area contributed by atoms with E-state index in [1.807, 2.05) is 30.5 Å². The van der Waals surface area contributed by atoms with Crippen LogP contribution in [0.15, 0.2) is 47.8 Å². The molecule has 2 aromatic heterocycles. The van der Waals surface area contributed by atoms with Crippen LogP contribution in [0.2, 0.25) is 5.02 Å². The van der Waals surface area contributed by atoms with Crippen LogP contribution in [0.3, 0.4) is 0 Å². The number of amides is 1. The van der Waals surface area contributed by atoms with Crippen molar-refractivity contribution in [2.75, 3.05) is 5.32 Å². The van der Waals surface area contributed by atoms with Gasteiger partial charge in [-0.05, 0) is 48.7 Å². The SMILES string of the molecule is CCn1nc(-c2cccs2)cc1C(=O)Nc1ccc(Cl)cc1. The Bertz CT molecular complexity index is 778. The average molecular weight is 332 g/mol. The number of carbonyl (C=O) groups excluding carboxylic acids is 1. The Labute approximate surface area is 137 Å². The second-order valence-electron chi connectivity index (χ2n) is 4.67. The van der Waals surface area contributed by atoms with Crippen molar-refractivity contribution in [3.63, 3.8) is 0 Å². The highest BCUT2D eigenvalue weighted by atomic mass is 35.5. The standard InChI is InChI=1S/C16H14ClN3OS/c1-2-20-14(10-13(19-20)15-4-3-9-22-15)16(21)18-12-7-5-11(17)6-8-12/h3-10H,2H2,1H3,(H,18,21). The Morgan fingerprint density at radius 2 is 2.09 bits per heavy atom. The van der Waals surface area contributed by atoms with E-state index in [1.165, 1.54) is 0 Å². The molecule has 0 aliphatic rings. The fraction of sp³-hybridized carbons (Fsp3) is 0.125. The number of rotatable bonds is 4. The molecule has 3 rings (SSSR count). The Hall–Kier alpha value is -2.11. The molecular weight excluding hydrogens is 318 g/mol. The van der Waals surface area contributed by atoms with Crippen molar-refractivity contribution in [1.82, 2.24) is 9.78 Å². The second kappa shape index (κ2) is 6.34. The van der Waals surface area contributed by atoms with E-state index in [0.29, 0.717) is 22.9 Å². The molecule has 0 radical (unpaired) electrons. The van der Waals surface area contributed by atoms with Gasteiger partial charge >= 0.3 is 0 Å². The van der Waals surface area contributed by atoms with Crippen molar-refractivity contribution in [1.29, 1.82) is 0 Å². The summed E-state index contributed by atoms with van der Waals surface area (Å²) in [5.74, 6) is -0.181. The number of aromatic nitrogens is 2. The highest BCUT2D eigenvalue weighted by Crippen LogP contribution is 2.24.